The van der Waals surface area contributed by atoms with E-state index in [1.165, 1.54) is 0 Å². The SMILES string of the molecule is CCCOC(CC(C)C)(CC(C)C)C(=O)Nc1ccc(OC(C)COC)c(Cl)c1. The number of amides is 1. The Kier molecular flexibility index (Phi) is 11.0. The maximum Gasteiger partial charge on any atom is 0.256 e. The van der Waals surface area contributed by atoms with Crippen molar-refractivity contribution in [1.29, 1.82) is 0 Å². The molecule has 0 aliphatic carbocycles. The molecule has 0 aliphatic heterocycles. The summed E-state index contributed by atoms with van der Waals surface area (Å²) < 4.78 is 17.0. The lowest BCUT2D eigenvalue weighted by Gasteiger charge is -2.35. The summed E-state index contributed by atoms with van der Waals surface area (Å²) in [5.41, 5.74) is -0.226. The fourth-order valence-electron chi connectivity index (χ4n) is 3.47. The molecule has 29 heavy (non-hydrogen) atoms. The highest BCUT2D eigenvalue weighted by Gasteiger charge is 2.40. The number of methoxy groups -OCH3 is 1. The van der Waals surface area contributed by atoms with Crippen LogP contribution in [0.4, 0.5) is 5.69 Å². The van der Waals surface area contributed by atoms with E-state index >= 15 is 0 Å². The van der Waals surface area contributed by atoms with Gasteiger partial charge in [0.25, 0.3) is 5.91 Å². The van der Waals surface area contributed by atoms with Crippen LogP contribution in [0.2, 0.25) is 5.02 Å². The minimum Gasteiger partial charge on any atom is -0.487 e. The van der Waals surface area contributed by atoms with Gasteiger partial charge in [-0.1, -0.05) is 46.2 Å². The predicted molar refractivity (Wildman–Crippen MR) is 120 cm³/mol. The van der Waals surface area contributed by atoms with E-state index < -0.39 is 5.60 Å². The zero-order valence-electron chi connectivity index (χ0n) is 19.0. The van der Waals surface area contributed by atoms with Gasteiger partial charge in [0.2, 0.25) is 0 Å². The minimum absolute atomic E-state index is 0.120. The second-order valence-electron chi connectivity index (χ2n) is 8.52. The summed E-state index contributed by atoms with van der Waals surface area (Å²) in [5.74, 6) is 1.11. The summed E-state index contributed by atoms with van der Waals surface area (Å²) in [6.07, 6.45) is 2.08. The first-order chi connectivity index (χ1) is 13.6. The van der Waals surface area contributed by atoms with Gasteiger partial charge < -0.3 is 19.5 Å². The first-order valence-corrected chi connectivity index (χ1v) is 10.9. The normalized spacial score (nSPS) is 13.0. The molecule has 0 radical (unpaired) electrons. The maximum absolute atomic E-state index is 13.3. The Morgan fingerprint density at radius 1 is 1.14 bits per heavy atom. The molecule has 1 amide bonds. The van der Waals surface area contributed by atoms with E-state index in [2.05, 4.69) is 39.9 Å². The van der Waals surface area contributed by atoms with Gasteiger partial charge in [0.05, 0.1) is 11.6 Å². The standard InChI is InChI=1S/C23H38ClNO4/c1-8-11-28-23(13-16(2)3,14-17(4)5)22(26)25-19-9-10-21(20(24)12-19)29-18(6)15-27-7/h9-10,12,16-18H,8,11,13-15H2,1-7H3,(H,25,26). The van der Waals surface area contributed by atoms with Crippen LogP contribution in [0.1, 0.15) is 60.8 Å². The molecule has 1 aromatic carbocycles. The molecular weight excluding hydrogens is 390 g/mol. The minimum atomic E-state index is -0.854. The number of carbonyl (C=O) groups excluding carboxylic acids is 1. The van der Waals surface area contributed by atoms with E-state index in [1.54, 1.807) is 25.3 Å². The summed E-state index contributed by atoms with van der Waals surface area (Å²) in [6, 6.07) is 5.28. The lowest BCUT2D eigenvalue weighted by Crippen LogP contribution is -2.47. The second-order valence-corrected chi connectivity index (χ2v) is 8.93. The highest BCUT2D eigenvalue weighted by atomic mass is 35.5. The molecular formula is C23H38ClNO4. The third-order valence-corrected chi connectivity index (χ3v) is 4.69. The lowest BCUT2D eigenvalue weighted by molar-refractivity contribution is -0.147. The van der Waals surface area contributed by atoms with E-state index in [0.29, 0.717) is 54.4 Å². The molecule has 1 rings (SSSR count). The Morgan fingerprint density at radius 2 is 1.76 bits per heavy atom. The number of rotatable bonds is 13. The van der Waals surface area contributed by atoms with E-state index in [-0.39, 0.29) is 12.0 Å². The molecule has 5 nitrogen and oxygen atoms in total. The number of hydrogen-bond acceptors (Lipinski definition) is 4. The number of carbonyl (C=O) groups is 1. The van der Waals surface area contributed by atoms with Crippen LogP contribution in [0.3, 0.4) is 0 Å². The molecule has 1 aromatic rings. The van der Waals surface area contributed by atoms with E-state index in [4.69, 9.17) is 25.8 Å². The van der Waals surface area contributed by atoms with Gasteiger partial charge in [-0.3, -0.25) is 4.79 Å². The van der Waals surface area contributed by atoms with Crippen LogP contribution in [-0.4, -0.2) is 37.9 Å². The molecule has 0 aliphatic rings. The fourth-order valence-corrected chi connectivity index (χ4v) is 3.70. The summed E-state index contributed by atoms with van der Waals surface area (Å²) >= 11 is 6.38. The lowest BCUT2D eigenvalue weighted by atomic mass is 9.83. The number of hydrogen-bond donors (Lipinski definition) is 1. The monoisotopic (exact) mass is 427 g/mol. The van der Waals surface area contributed by atoms with Gasteiger partial charge in [-0.25, -0.2) is 0 Å². The Bertz CT molecular complexity index is 623. The van der Waals surface area contributed by atoms with Crippen LogP contribution >= 0.6 is 11.6 Å². The molecule has 0 bridgehead atoms. The van der Waals surface area contributed by atoms with Gasteiger partial charge in [0.15, 0.2) is 0 Å². The van der Waals surface area contributed by atoms with Crippen LogP contribution < -0.4 is 10.1 Å². The van der Waals surface area contributed by atoms with Gasteiger partial charge in [-0.2, -0.15) is 0 Å². The molecule has 0 spiro atoms. The number of benzene rings is 1. The van der Waals surface area contributed by atoms with E-state index in [9.17, 15) is 4.79 Å². The molecule has 1 N–H and O–H groups in total. The molecule has 0 saturated carbocycles. The predicted octanol–water partition coefficient (Wildman–Crippen LogP) is 5.95. The Labute approximate surface area is 181 Å². The zero-order valence-corrected chi connectivity index (χ0v) is 19.8. The van der Waals surface area contributed by atoms with E-state index in [1.807, 2.05) is 6.92 Å². The quantitative estimate of drug-likeness (QED) is 0.422. The smallest absolute Gasteiger partial charge is 0.256 e. The molecule has 0 aromatic heterocycles. The number of nitrogens with one attached hydrogen (secondary N) is 1. The summed E-state index contributed by atoms with van der Waals surface area (Å²) in [7, 11) is 1.63. The van der Waals surface area contributed by atoms with Crippen molar-refractivity contribution in [3.63, 3.8) is 0 Å². The Balaban J connectivity index is 3.04. The number of ether oxygens (including phenoxy) is 3. The van der Waals surface area contributed by atoms with Crippen molar-refractivity contribution < 1.29 is 19.0 Å². The van der Waals surface area contributed by atoms with Crippen LogP contribution in [-0.2, 0) is 14.3 Å². The Hall–Kier alpha value is -1.30. The van der Waals surface area contributed by atoms with Gasteiger partial charge in [-0.15, -0.1) is 0 Å². The van der Waals surface area contributed by atoms with Crippen molar-refractivity contribution in [2.75, 3.05) is 25.6 Å². The first-order valence-electron chi connectivity index (χ1n) is 10.5. The second kappa shape index (κ2) is 12.4. The molecule has 0 fully saturated rings. The van der Waals surface area contributed by atoms with Gasteiger partial charge in [-0.05, 0) is 56.2 Å². The molecule has 0 saturated heterocycles. The third kappa shape index (κ3) is 8.53. The molecule has 0 heterocycles. The molecule has 1 unspecified atom stereocenters. The average molecular weight is 428 g/mol. The maximum atomic E-state index is 13.3. The van der Waals surface area contributed by atoms with Crippen LogP contribution in [0.25, 0.3) is 0 Å². The van der Waals surface area contributed by atoms with Crippen molar-refractivity contribution in [3.05, 3.63) is 23.2 Å². The van der Waals surface area contributed by atoms with Crippen molar-refractivity contribution in [3.8, 4) is 5.75 Å². The van der Waals surface area contributed by atoms with Gasteiger partial charge in [0, 0.05) is 19.4 Å². The van der Waals surface area contributed by atoms with E-state index in [0.717, 1.165) is 6.42 Å². The van der Waals surface area contributed by atoms with Gasteiger partial charge in [0.1, 0.15) is 17.5 Å². The van der Waals surface area contributed by atoms with Crippen LogP contribution in [0, 0.1) is 11.8 Å². The summed E-state index contributed by atoms with van der Waals surface area (Å²) in [6.45, 7) is 13.4. The van der Waals surface area contributed by atoms with Gasteiger partial charge >= 0.3 is 0 Å². The Morgan fingerprint density at radius 3 is 2.24 bits per heavy atom. The van der Waals surface area contributed by atoms with Crippen molar-refractivity contribution in [1.82, 2.24) is 0 Å². The van der Waals surface area contributed by atoms with Crippen LogP contribution in [0.5, 0.6) is 5.75 Å². The topological polar surface area (TPSA) is 56.8 Å². The fraction of sp³-hybridized carbons (Fsp3) is 0.696. The average Bonchev–Trinajstić information content (AvgIpc) is 2.61. The highest BCUT2D eigenvalue weighted by Crippen LogP contribution is 2.33. The van der Waals surface area contributed by atoms with Crippen molar-refractivity contribution >= 4 is 23.2 Å². The molecule has 1 atom stereocenters. The van der Waals surface area contributed by atoms with Crippen molar-refractivity contribution in [2.45, 2.75) is 72.5 Å². The number of halogens is 1. The summed E-state index contributed by atoms with van der Waals surface area (Å²) in [5, 5.41) is 3.46. The number of anilines is 1. The highest BCUT2D eigenvalue weighted by molar-refractivity contribution is 6.32. The third-order valence-electron chi connectivity index (χ3n) is 4.39. The van der Waals surface area contributed by atoms with Crippen LogP contribution in [0.15, 0.2) is 18.2 Å². The first kappa shape index (κ1) is 25.7. The van der Waals surface area contributed by atoms with Crippen molar-refractivity contribution in [2.24, 2.45) is 11.8 Å². The largest absolute Gasteiger partial charge is 0.487 e. The molecule has 6 heteroatoms. The molecule has 166 valence electrons. The summed E-state index contributed by atoms with van der Waals surface area (Å²) in [4.78, 5) is 13.3. The zero-order chi connectivity index (χ0) is 22.0.